The molecule has 0 bridgehead atoms. The molecule has 4 heteroatoms. The normalized spacial score (nSPS) is 19.5. The second-order valence-corrected chi connectivity index (χ2v) is 7.91. The van der Waals surface area contributed by atoms with Crippen LogP contribution in [-0.2, 0) is 11.2 Å². The second kappa shape index (κ2) is 7.96. The van der Waals surface area contributed by atoms with Gasteiger partial charge >= 0.3 is 0 Å². The highest BCUT2D eigenvalue weighted by Crippen LogP contribution is 2.45. The molecule has 0 saturated heterocycles. The minimum absolute atomic E-state index is 0.0186. The monoisotopic (exact) mass is 389 g/mol. The van der Waals surface area contributed by atoms with E-state index in [1.807, 2.05) is 23.9 Å². The molecule has 1 heterocycles. The Balaban J connectivity index is 1.64. The Bertz CT molecular complexity index is 1010. The fourth-order valence-electron chi connectivity index (χ4n) is 4.10. The predicted octanol–water partition coefficient (Wildman–Crippen LogP) is 5.96. The van der Waals surface area contributed by atoms with Crippen LogP contribution in [-0.4, -0.2) is 16.4 Å². The highest BCUT2D eigenvalue weighted by atomic mass is 19.1. The molecule has 0 N–H and O–H groups in total. The summed E-state index contributed by atoms with van der Waals surface area (Å²) < 4.78 is 21.3. The van der Waals surface area contributed by atoms with Crippen LogP contribution in [0.3, 0.4) is 0 Å². The number of nitrogens with zero attached hydrogens (tertiary/aromatic N) is 2. The Labute approximate surface area is 171 Å². The average molecular weight is 389 g/mol. The lowest BCUT2D eigenvalue weighted by Gasteiger charge is -2.37. The first-order valence-corrected chi connectivity index (χ1v) is 10.0. The van der Waals surface area contributed by atoms with Crippen molar-refractivity contribution in [2.45, 2.75) is 32.8 Å². The van der Waals surface area contributed by atoms with Gasteiger partial charge in [0.25, 0.3) is 0 Å². The summed E-state index contributed by atoms with van der Waals surface area (Å²) in [6.07, 6.45) is 5.74. The van der Waals surface area contributed by atoms with Crippen LogP contribution < -0.4 is 0 Å². The van der Waals surface area contributed by atoms with Gasteiger partial charge < -0.3 is 4.74 Å². The summed E-state index contributed by atoms with van der Waals surface area (Å²) in [7, 11) is 0. The Morgan fingerprint density at radius 3 is 2.59 bits per heavy atom. The Hall–Kier alpha value is -2.72. The van der Waals surface area contributed by atoms with Crippen LogP contribution in [0.2, 0.25) is 0 Å². The van der Waals surface area contributed by atoms with Crippen LogP contribution in [0.4, 0.5) is 4.39 Å². The molecule has 1 aliphatic carbocycles. The molecule has 3 nitrogen and oxygen atoms in total. The van der Waals surface area contributed by atoms with Gasteiger partial charge in [0, 0.05) is 6.61 Å². The molecule has 2 atom stereocenters. The van der Waals surface area contributed by atoms with Crippen LogP contribution >= 0.6 is 0 Å². The van der Waals surface area contributed by atoms with E-state index in [1.54, 1.807) is 12.1 Å². The van der Waals surface area contributed by atoms with E-state index in [4.69, 9.17) is 4.74 Å². The third-order valence-electron chi connectivity index (χ3n) is 5.80. The van der Waals surface area contributed by atoms with E-state index < -0.39 is 0 Å². The highest BCUT2D eigenvalue weighted by molar-refractivity contribution is 5.61. The Morgan fingerprint density at radius 2 is 1.90 bits per heavy atom. The van der Waals surface area contributed by atoms with E-state index in [9.17, 15) is 4.39 Å². The number of rotatable bonds is 6. The van der Waals surface area contributed by atoms with Crippen LogP contribution in [0.5, 0.6) is 0 Å². The lowest BCUT2D eigenvalue weighted by Crippen LogP contribution is -2.28. The quantitative estimate of drug-likeness (QED) is 0.520. The maximum Gasteiger partial charge on any atom is 0.123 e. The molecule has 1 aliphatic rings. The molecule has 0 fully saturated rings. The number of ether oxygens (including phenoxy) is 1. The molecule has 0 aliphatic heterocycles. The van der Waals surface area contributed by atoms with Crippen molar-refractivity contribution in [1.29, 1.82) is 0 Å². The highest BCUT2D eigenvalue weighted by Gasteiger charge is 2.35. The first-order chi connectivity index (χ1) is 14.0. The third kappa shape index (κ3) is 3.90. The van der Waals surface area contributed by atoms with Gasteiger partial charge in [0.05, 0.1) is 23.7 Å². The van der Waals surface area contributed by atoms with Gasteiger partial charge in [0.15, 0.2) is 0 Å². The summed E-state index contributed by atoms with van der Waals surface area (Å²) in [5.41, 5.74) is 5.17. The van der Waals surface area contributed by atoms with Crippen molar-refractivity contribution in [3.05, 3.63) is 95.9 Å². The number of halogens is 1. The number of hydrogen-bond acceptors (Lipinski definition) is 2. The summed E-state index contributed by atoms with van der Waals surface area (Å²) in [6.45, 7) is 9.34. The molecular formula is C25H26FN2O. The maximum absolute atomic E-state index is 13.3. The van der Waals surface area contributed by atoms with Gasteiger partial charge in [0.1, 0.15) is 5.82 Å². The first kappa shape index (κ1) is 19.6. The van der Waals surface area contributed by atoms with Gasteiger partial charge in [0.2, 0.25) is 0 Å². The molecule has 4 rings (SSSR count). The largest absolute Gasteiger partial charge is 0.374 e. The van der Waals surface area contributed by atoms with E-state index in [2.05, 4.69) is 49.3 Å². The van der Waals surface area contributed by atoms with Crippen molar-refractivity contribution in [3.63, 3.8) is 0 Å². The lowest BCUT2D eigenvalue weighted by molar-refractivity contribution is 0.0329. The van der Waals surface area contributed by atoms with Gasteiger partial charge in [-0.3, -0.25) is 0 Å². The SMILES string of the molecule is [CH2]C1=Cc2c(cnn2-c2ccc(F)cc2)C[C@]1(C)CC(OCC)c1ccccc1. The number of hydrogen-bond donors (Lipinski definition) is 0. The van der Waals surface area contributed by atoms with Crippen molar-refractivity contribution in [1.82, 2.24) is 9.78 Å². The Morgan fingerprint density at radius 1 is 1.17 bits per heavy atom. The molecule has 29 heavy (non-hydrogen) atoms. The minimum Gasteiger partial charge on any atom is -0.374 e. The van der Waals surface area contributed by atoms with Crippen molar-refractivity contribution < 1.29 is 9.13 Å². The molecule has 3 aromatic rings. The molecule has 2 aromatic carbocycles. The van der Waals surface area contributed by atoms with Gasteiger partial charge in [-0.05, 0) is 73.6 Å². The number of fused-ring (bicyclic) bond motifs is 1. The van der Waals surface area contributed by atoms with Gasteiger partial charge in [-0.1, -0.05) is 42.8 Å². The van der Waals surface area contributed by atoms with Gasteiger partial charge in [-0.2, -0.15) is 5.10 Å². The molecule has 1 radical (unpaired) electrons. The smallest absolute Gasteiger partial charge is 0.123 e. The number of benzene rings is 2. The van der Waals surface area contributed by atoms with E-state index >= 15 is 0 Å². The van der Waals surface area contributed by atoms with E-state index in [-0.39, 0.29) is 17.3 Å². The first-order valence-electron chi connectivity index (χ1n) is 10.0. The zero-order valence-electron chi connectivity index (χ0n) is 16.9. The zero-order chi connectivity index (χ0) is 20.4. The summed E-state index contributed by atoms with van der Waals surface area (Å²) in [5.74, 6) is -0.251. The van der Waals surface area contributed by atoms with Crippen LogP contribution in [0, 0.1) is 18.2 Å². The summed E-state index contributed by atoms with van der Waals surface area (Å²) in [6, 6.07) is 16.8. The zero-order valence-corrected chi connectivity index (χ0v) is 16.9. The second-order valence-electron chi connectivity index (χ2n) is 7.91. The van der Waals surface area contributed by atoms with E-state index in [1.165, 1.54) is 23.3 Å². The van der Waals surface area contributed by atoms with E-state index in [0.29, 0.717) is 6.61 Å². The van der Waals surface area contributed by atoms with Crippen LogP contribution in [0.25, 0.3) is 11.8 Å². The summed E-state index contributed by atoms with van der Waals surface area (Å²) in [5, 5.41) is 4.56. The van der Waals surface area contributed by atoms with E-state index in [0.717, 1.165) is 29.8 Å². The number of aromatic nitrogens is 2. The Kier molecular flexibility index (Phi) is 5.37. The summed E-state index contributed by atoms with van der Waals surface area (Å²) in [4.78, 5) is 0. The van der Waals surface area contributed by atoms with Gasteiger partial charge in [-0.15, -0.1) is 0 Å². The molecular weight excluding hydrogens is 363 g/mol. The van der Waals surface area contributed by atoms with Crippen molar-refractivity contribution >= 4 is 6.08 Å². The fraction of sp³-hybridized carbons (Fsp3) is 0.280. The van der Waals surface area contributed by atoms with Crippen molar-refractivity contribution in [2.75, 3.05) is 6.61 Å². The topological polar surface area (TPSA) is 27.1 Å². The van der Waals surface area contributed by atoms with Crippen LogP contribution in [0.1, 0.15) is 43.2 Å². The molecule has 0 saturated carbocycles. The predicted molar refractivity (Wildman–Crippen MR) is 114 cm³/mol. The minimum atomic E-state index is -0.251. The summed E-state index contributed by atoms with van der Waals surface area (Å²) >= 11 is 0. The van der Waals surface area contributed by atoms with Gasteiger partial charge in [-0.25, -0.2) is 9.07 Å². The third-order valence-corrected chi connectivity index (χ3v) is 5.80. The van der Waals surface area contributed by atoms with Crippen molar-refractivity contribution in [3.8, 4) is 5.69 Å². The molecule has 0 amide bonds. The molecule has 0 spiro atoms. The number of allylic oxidation sites excluding steroid dienone is 1. The molecule has 149 valence electrons. The van der Waals surface area contributed by atoms with Crippen molar-refractivity contribution in [2.24, 2.45) is 5.41 Å². The fourth-order valence-corrected chi connectivity index (χ4v) is 4.10. The molecule has 1 unspecified atom stereocenters. The standard InChI is InChI=1S/C25H26FN2O/c1-4-29-24(19-8-6-5-7-9-19)16-25(3)15-20-17-27-28(23(20)14-18(25)2)22-12-10-21(26)11-13-22/h5-14,17,24H,2,4,15-16H2,1,3H3/t24?,25-/m1/s1. The average Bonchev–Trinajstić information content (AvgIpc) is 3.11. The molecule has 1 aromatic heterocycles. The van der Waals surface area contributed by atoms with Crippen LogP contribution in [0.15, 0.2) is 66.4 Å². The maximum atomic E-state index is 13.3. The lowest BCUT2D eigenvalue weighted by atomic mass is 9.70.